The molecule has 2 heterocycles. The summed E-state index contributed by atoms with van der Waals surface area (Å²) in [6, 6.07) is 7.81. The first-order chi connectivity index (χ1) is 17.8. The SMILES string of the molecule is Cc1ccc(-c2c(C)c3c(c(C)c2[C@H](OC(C)(C)C)C(=O)O)CN(C(=O)C(=O)N2CCOC[C@H]2C)C3)cc1. The van der Waals surface area contributed by atoms with E-state index in [0.29, 0.717) is 31.9 Å². The minimum absolute atomic E-state index is 0.167. The van der Waals surface area contributed by atoms with E-state index in [1.54, 1.807) is 9.80 Å². The zero-order chi connectivity index (χ0) is 27.9. The Labute approximate surface area is 224 Å². The summed E-state index contributed by atoms with van der Waals surface area (Å²) in [5.74, 6) is -2.14. The molecule has 38 heavy (non-hydrogen) atoms. The molecule has 0 unspecified atom stereocenters. The molecular weight excluding hydrogens is 484 g/mol. The second-order valence-corrected chi connectivity index (χ2v) is 11.4. The highest BCUT2D eigenvalue weighted by molar-refractivity contribution is 6.35. The lowest BCUT2D eigenvalue weighted by Crippen LogP contribution is -2.52. The number of carbonyl (C=O) groups excluding carboxylic acids is 2. The Hall–Kier alpha value is -3.23. The fourth-order valence-electron chi connectivity index (χ4n) is 5.46. The first kappa shape index (κ1) is 27.8. The summed E-state index contributed by atoms with van der Waals surface area (Å²) in [5, 5.41) is 10.3. The summed E-state index contributed by atoms with van der Waals surface area (Å²) in [4.78, 5) is 42.2. The van der Waals surface area contributed by atoms with Gasteiger partial charge in [0.05, 0.1) is 24.9 Å². The Bertz CT molecular complexity index is 1260. The Morgan fingerprint density at radius 3 is 2.16 bits per heavy atom. The van der Waals surface area contributed by atoms with Crippen LogP contribution in [0.1, 0.15) is 67.2 Å². The Balaban J connectivity index is 1.81. The molecule has 4 rings (SSSR count). The third-order valence-corrected chi connectivity index (χ3v) is 7.41. The third-order valence-electron chi connectivity index (χ3n) is 7.41. The first-order valence-corrected chi connectivity index (χ1v) is 13.1. The number of ether oxygens (including phenoxy) is 2. The van der Waals surface area contributed by atoms with E-state index < -0.39 is 29.5 Å². The number of hydrogen-bond donors (Lipinski definition) is 1. The lowest BCUT2D eigenvalue weighted by atomic mass is 9.83. The molecule has 1 saturated heterocycles. The number of morpholine rings is 1. The first-order valence-electron chi connectivity index (χ1n) is 13.1. The number of fused-ring (bicyclic) bond motifs is 1. The van der Waals surface area contributed by atoms with Crippen molar-refractivity contribution in [3.63, 3.8) is 0 Å². The largest absolute Gasteiger partial charge is 0.479 e. The van der Waals surface area contributed by atoms with Crippen molar-refractivity contribution in [2.24, 2.45) is 0 Å². The highest BCUT2D eigenvalue weighted by atomic mass is 16.5. The van der Waals surface area contributed by atoms with E-state index in [1.807, 2.05) is 72.7 Å². The summed E-state index contributed by atoms with van der Waals surface area (Å²) in [7, 11) is 0. The van der Waals surface area contributed by atoms with Crippen LogP contribution in [0.2, 0.25) is 0 Å². The van der Waals surface area contributed by atoms with E-state index >= 15 is 0 Å². The van der Waals surface area contributed by atoms with Crippen LogP contribution >= 0.6 is 0 Å². The van der Waals surface area contributed by atoms with E-state index in [1.165, 1.54) is 0 Å². The summed E-state index contributed by atoms with van der Waals surface area (Å²) in [6.07, 6.45) is -1.20. The molecule has 1 fully saturated rings. The van der Waals surface area contributed by atoms with Gasteiger partial charge >= 0.3 is 17.8 Å². The average molecular weight is 523 g/mol. The molecule has 204 valence electrons. The van der Waals surface area contributed by atoms with Gasteiger partial charge in [0.15, 0.2) is 6.10 Å². The normalized spacial score (nSPS) is 18.3. The number of aryl methyl sites for hydroxylation is 1. The van der Waals surface area contributed by atoms with Crippen LogP contribution in [0.4, 0.5) is 0 Å². The van der Waals surface area contributed by atoms with E-state index in [-0.39, 0.29) is 12.6 Å². The van der Waals surface area contributed by atoms with E-state index in [2.05, 4.69) is 0 Å². The zero-order valence-corrected chi connectivity index (χ0v) is 23.4. The smallest absolute Gasteiger partial charge is 0.337 e. The second kappa shape index (κ2) is 10.5. The Kier molecular flexibility index (Phi) is 7.68. The number of carboxylic acids is 1. The van der Waals surface area contributed by atoms with Crippen LogP contribution in [0.15, 0.2) is 24.3 Å². The molecule has 8 heteroatoms. The number of hydrogen-bond acceptors (Lipinski definition) is 5. The van der Waals surface area contributed by atoms with Crippen molar-refractivity contribution < 1.29 is 29.0 Å². The maximum atomic E-state index is 13.4. The maximum absolute atomic E-state index is 13.4. The molecular formula is C30H38N2O6. The van der Waals surface area contributed by atoms with Crippen LogP contribution in [0.5, 0.6) is 0 Å². The highest BCUT2D eigenvalue weighted by Crippen LogP contribution is 2.43. The van der Waals surface area contributed by atoms with Crippen LogP contribution in [0, 0.1) is 20.8 Å². The molecule has 2 aliphatic rings. The average Bonchev–Trinajstić information content (AvgIpc) is 3.30. The topological polar surface area (TPSA) is 96.4 Å². The third kappa shape index (κ3) is 5.33. The van der Waals surface area contributed by atoms with Gasteiger partial charge < -0.3 is 24.4 Å². The molecule has 2 atom stereocenters. The number of amides is 2. The van der Waals surface area contributed by atoms with Crippen LogP contribution in [0.25, 0.3) is 11.1 Å². The number of aliphatic carboxylic acids is 1. The molecule has 0 aromatic heterocycles. The maximum Gasteiger partial charge on any atom is 0.337 e. The van der Waals surface area contributed by atoms with E-state index in [4.69, 9.17) is 9.47 Å². The number of nitrogens with zero attached hydrogens (tertiary/aromatic N) is 2. The summed E-state index contributed by atoms with van der Waals surface area (Å²) in [5.41, 5.74) is 6.20. The predicted molar refractivity (Wildman–Crippen MR) is 144 cm³/mol. The van der Waals surface area contributed by atoms with Gasteiger partial charge in [-0.25, -0.2) is 4.79 Å². The van der Waals surface area contributed by atoms with Gasteiger partial charge in [-0.3, -0.25) is 9.59 Å². The second-order valence-electron chi connectivity index (χ2n) is 11.4. The van der Waals surface area contributed by atoms with Gasteiger partial charge in [0.1, 0.15) is 0 Å². The quantitative estimate of drug-likeness (QED) is 0.601. The standard InChI is InChI=1S/C30H38N2O6/c1-17-8-10-21(11-9-17)24-19(3)22-14-31(27(33)28(34)32-12-13-37-16-18(32)2)15-23(22)20(4)25(24)26(29(35)36)38-30(5,6)7/h8-11,18,26H,12-16H2,1-7H3,(H,35,36)/t18-,26+/m1/s1. The summed E-state index contributed by atoms with van der Waals surface area (Å²) in [6.45, 7) is 15.0. The molecule has 2 aliphatic heterocycles. The van der Waals surface area contributed by atoms with Crippen molar-refractivity contribution in [1.82, 2.24) is 9.80 Å². The summed E-state index contributed by atoms with van der Waals surface area (Å²) < 4.78 is 11.5. The summed E-state index contributed by atoms with van der Waals surface area (Å²) >= 11 is 0. The van der Waals surface area contributed by atoms with Gasteiger partial charge in [-0.2, -0.15) is 0 Å². The lowest BCUT2D eigenvalue weighted by molar-refractivity contribution is -0.160. The van der Waals surface area contributed by atoms with Gasteiger partial charge in [0, 0.05) is 25.2 Å². The van der Waals surface area contributed by atoms with Crippen molar-refractivity contribution in [3.8, 4) is 11.1 Å². The van der Waals surface area contributed by atoms with Crippen molar-refractivity contribution in [2.75, 3.05) is 19.8 Å². The molecule has 2 amide bonds. The van der Waals surface area contributed by atoms with E-state index in [0.717, 1.165) is 38.9 Å². The fraction of sp³-hybridized carbons (Fsp3) is 0.500. The van der Waals surface area contributed by atoms with Crippen molar-refractivity contribution in [3.05, 3.63) is 57.6 Å². The van der Waals surface area contributed by atoms with Gasteiger partial charge in [-0.1, -0.05) is 29.8 Å². The zero-order valence-electron chi connectivity index (χ0n) is 23.4. The van der Waals surface area contributed by atoms with Gasteiger partial charge in [-0.05, 0) is 81.8 Å². The predicted octanol–water partition coefficient (Wildman–Crippen LogP) is 4.31. The highest BCUT2D eigenvalue weighted by Gasteiger charge is 2.39. The number of benzene rings is 2. The molecule has 1 N–H and O–H groups in total. The van der Waals surface area contributed by atoms with Gasteiger partial charge in [0.2, 0.25) is 0 Å². The molecule has 0 aliphatic carbocycles. The molecule has 0 saturated carbocycles. The number of carboxylic acid groups (broad SMARTS) is 1. The molecule has 2 aromatic carbocycles. The van der Waals surface area contributed by atoms with Crippen molar-refractivity contribution >= 4 is 17.8 Å². The molecule has 8 nitrogen and oxygen atoms in total. The fourth-order valence-corrected chi connectivity index (χ4v) is 5.46. The van der Waals surface area contributed by atoms with Crippen molar-refractivity contribution in [1.29, 1.82) is 0 Å². The number of carbonyl (C=O) groups is 3. The molecule has 0 radical (unpaired) electrons. The van der Waals surface area contributed by atoms with Crippen LogP contribution in [0.3, 0.4) is 0 Å². The van der Waals surface area contributed by atoms with Crippen LogP contribution in [-0.4, -0.2) is 64.1 Å². The van der Waals surface area contributed by atoms with Gasteiger partial charge in [0.25, 0.3) is 0 Å². The van der Waals surface area contributed by atoms with Crippen LogP contribution in [-0.2, 0) is 36.9 Å². The lowest BCUT2D eigenvalue weighted by Gasteiger charge is -2.33. The Morgan fingerprint density at radius 2 is 1.61 bits per heavy atom. The molecule has 0 spiro atoms. The number of rotatable bonds is 4. The van der Waals surface area contributed by atoms with Crippen molar-refractivity contribution in [2.45, 2.75) is 79.3 Å². The van der Waals surface area contributed by atoms with Crippen LogP contribution < -0.4 is 0 Å². The van der Waals surface area contributed by atoms with E-state index in [9.17, 15) is 19.5 Å². The Morgan fingerprint density at radius 1 is 1.00 bits per heavy atom. The van der Waals surface area contributed by atoms with Gasteiger partial charge in [-0.15, -0.1) is 0 Å². The minimum Gasteiger partial charge on any atom is -0.479 e. The molecule has 2 aromatic rings. The molecule has 0 bridgehead atoms. The monoisotopic (exact) mass is 522 g/mol. The minimum atomic E-state index is -1.20.